The molecule has 0 fully saturated rings. The standard InChI is InChI=1S/C20H19FN4O/c1-2-14-5-9-17(10-6-14)23-19-12-11-18(24-25-19)20(26)22-13-15-3-7-16(21)8-4-15/h3-12H,2,13H2,1H3,(H,22,26)(H,23,25). The molecule has 0 bridgehead atoms. The fourth-order valence-electron chi connectivity index (χ4n) is 2.37. The molecule has 0 unspecified atom stereocenters. The monoisotopic (exact) mass is 350 g/mol. The number of carbonyl (C=O) groups excluding carboxylic acids is 1. The van der Waals surface area contributed by atoms with Gasteiger partial charge in [0.25, 0.3) is 5.91 Å². The van der Waals surface area contributed by atoms with Crippen molar-refractivity contribution >= 4 is 17.4 Å². The van der Waals surface area contributed by atoms with Crippen LogP contribution in [-0.2, 0) is 13.0 Å². The number of nitrogens with zero attached hydrogens (tertiary/aromatic N) is 2. The van der Waals surface area contributed by atoms with Crippen LogP contribution in [-0.4, -0.2) is 16.1 Å². The zero-order chi connectivity index (χ0) is 18.4. The first kappa shape index (κ1) is 17.5. The van der Waals surface area contributed by atoms with Gasteiger partial charge in [0, 0.05) is 12.2 Å². The van der Waals surface area contributed by atoms with Crippen molar-refractivity contribution in [3.05, 3.63) is 83.3 Å². The predicted molar refractivity (Wildman–Crippen MR) is 98.7 cm³/mol. The van der Waals surface area contributed by atoms with Crippen LogP contribution in [0.25, 0.3) is 0 Å². The van der Waals surface area contributed by atoms with E-state index >= 15 is 0 Å². The summed E-state index contributed by atoms with van der Waals surface area (Å²) in [5.41, 5.74) is 3.19. The summed E-state index contributed by atoms with van der Waals surface area (Å²) in [4.78, 5) is 12.1. The average molecular weight is 350 g/mol. The van der Waals surface area contributed by atoms with Gasteiger partial charge < -0.3 is 10.6 Å². The Bertz CT molecular complexity index is 862. The largest absolute Gasteiger partial charge is 0.347 e. The van der Waals surface area contributed by atoms with Crippen LogP contribution in [0.4, 0.5) is 15.9 Å². The number of halogens is 1. The van der Waals surface area contributed by atoms with Crippen LogP contribution in [0.15, 0.2) is 60.7 Å². The lowest BCUT2D eigenvalue weighted by Gasteiger charge is -2.07. The molecule has 0 aliphatic heterocycles. The molecular formula is C20H19FN4O. The first-order valence-corrected chi connectivity index (χ1v) is 8.36. The Morgan fingerprint density at radius 3 is 2.23 bits per heavy atom. The molecule has 5 nitrogen and oxygen atoms in total. The normalized spacial score (nSPS) is 10.4. The fraction of sp³-hybridized carbons (Fsp3) is 0.150. The quantitative estimate of drug-likeness (QED) is 0.709. The third kappa shape index (κ3) is 4.63. The highest BCUT2D eigenvalue weighted by Crippen LogP contribution is 2.15. The maximum absolute atomic E-state index is 12.9. The molecule has 0 aliphatic rings. The third-order valence-electron chi connectivity index (χ3n) is 3.90. The van der Waals surface area contributed by atoms with Crippen molar-refractivity contribution in [3.8, 4) is 0 Å². The van der Waals surface area contributed by atoms with Gasteiger partial charge in [-0.3, -0.25) is 4.79 Å². The number of benzene rings is 2. The molecule has 26 heavy (non-hydrogen) atoms. The minimum atomic E-state index is -0.333. The summed E-state index contributed by atoms with van der Waals surface area (Å²) >= 11 is 0. The van der Waals surface area contributed by atoms with Crippen LogP contribution in [0.3, 0.4) is 0 Å². The summed E-state index contributed by atoms with van der Waals surface area (Å²) in [6.45, 7) is 2.40. The predicted octanol–water partition coefficient (Wildman–Crippen LogP) is 3.85. The number of anilines is 2. The Balaban J connectivity index is 1.57. The van der Waals surface area contributed by atoms with Crippen LogP contribution in [0, 0.1) is 5.82 Å². The van der Waals surface area contributed by atoms with Crippen molar-refractivity contribution < 1.29 is 9.18 Å². The van der Waals surface area contributed by atoms with Gasteiger partial charge in [0.15, 0.2) is 11.5 Å². The lowest BCUT2D eigenvalue weighted by molar-refractivity contribution is 0.0945. The highest BCUT2D eigenvalue weighted by molar-refractivity contribution is 5.92. The maximum Gasteiger partial charge on any atom is 0.272 e. The van der Waals surface area contributed by atoms with Crippen LogP contribution in [0.2, 0.25) is 0 Å². The molecule has 1 amide bonds. The average Bonchev–Trinajstić information content (AvgIpc) is 2.68. The topological polar surface area (TPSA) is 66.9 Å². The second-order valence-corrected chi connectivity index (χ2v) is 5.79. The fourth-order valence-corrected chi connectivity index (χ4v) is 2.37. The zero-order valence-corrected chi connectivity index (χ0v) is 14.4. The second-order valence-electron chi connectivity index (χ2n) is 5.79. The molecular weight excluding hydrogens is 331 g/mol. The van der Waals surface area contributed by atoms with E-state index in [1.54, 1.807) is 24.3 Å². The van der Waals surface area contributed by atoms with Crippen LogP contribution in [0.5, 0.6) is 0 Å². The van der Waals surface area contributed by atoms with E-state index in [-0.39, 0.29) is 17.4 Å². The van der Waals surface area contributed by atoms with E-state index in [1.807, 2.05) is 24.3 Å². The summed E-state index contributed by atoms with van der Waals surface area (Å²) < 4.78 is 12.9. The van der Waals surface area contributed by atoms with Gasteiger partial charge in [0.05, 0.1) is 0 Å². The van der Waals surface area contributed by atoms with Crippen molar-refractivity contribution in [3.63, 3.8) is 0 Å². The van der Waals surface area contributed by atoms with Crippen LogP contribution >= 0.6 is 0 Å². The molecule has 0 aliphatic carbocycles. The van der Waals surface area contributed by atoms with Gasteiger partial charge in [-0.1, -0.05) is 31.2 Å². The maximum atomic E-state index is 12.9. The number of aryl methyl sites for hydroxylation is 1. The molecule has 0 spiro atoms. The number of hydrogen-bond acceptors (Lipinski definition) is 4. The van der Waals surface area contributed by atoms with E-state index in [9.17, 15) is 9.18 Å². The summed E-state index contributed by atoms with van der Waals surface area (Å²) in [7, 11) is 0. The van der Waals surface area contributed by atoms with Crippen molar-refractivity contribution in [2.75, 3.05) is 5.32 Å². The smallest absolute Gasteiger partial charge is 0.272 e. The molecule has 2 N–H and O–H groups in total. The summed E-state index contributed by atoms with van der Waals surface area (Å²) in [6.07, 6.45) is 0.988. The number of carbonyl (C=O) groups is 1. The molecule has 0 saturated heterocycles. The van der Waals surface area contributed by atoms with Crippen LogP contribution < -0.4 is 10.6 Å². The molecule has 3 rings (SSSR count). The molecule has 1 heterocycles. The lowest BCUT2D eigenvalue weighted by atomic mass is 10.1. The Hall–Kier alpha value is -3.28. The van der Waals surface area contributed by atoms with Gasteiger partial charge in [0.2, 0.25) is 0 Å². The second kappa shape index (κ2) is 8.20. The lowest BCUT2D eigenvalue weighted by Crippen LogP contribution is -2.24. The number of aromatic nitrogens is 2. The van der Waals surface area contributed by atoms with Gasteiger partial charge in [-0.2, -0.15) is 0 Å². The number of nitrogens with one attached hydrogen (secondary N) is 2. The summed E-state index contributed by atoms with van der Waals surface area (Å²) in [5.74, 6) is -0.0802. The molecule has 3 aromatic rings. The first-order valence-electron chi connectivity index (χ1n) is 8.36. The van der Waals surface area contributed by atoms with Crippen molar-refractivity contribution in [2.24, 2.45) is 0 Å². The van der Waals surface area contributed by atoms with E-state index in [0.29, 0.717) is 12.4 Å². The van der Waals surface area contributed by atoms with Gasteiger partial charge >= 0.3 is 0 Å². The van der Waals surface area contributed by atoms with Crippen molar-refractivity contribution in [1.29, 1.82) is 0 Å². The van der Waals surface area contributed by atoms with Crippen LogP contribution in [0.1, 0.15) is 28.5 Å². The van der Waals surface area contributed by atoms with Crippen molar-refractivity contribution in [2.45, 2.75) is 19.9 Å². The van der Waals surface area contributed by atoms with Gasteiger partial charge in [-0.15, -0.1) is 10.2 Å². The molecule has 6 heteroatoms. The zero-order valence-electron chi connectivity index (χ0n) is 14.4. The molecule has 0 atom stereocenters. The Labute approximate surface area is 151 Å². The number of hydrogen-bond donors (Lipinski definition) is 2. The summed E-state index contributed by atoms with van der Waals surface area (Å²) in [5, 5.41) is 13.9. The van der Waals surface area contributed by atoms with E-state index < -0.39 is 0 Å². The SMILES string of the molecule is CCc1ccc(Nc2ccc(C(=O)NCc3ccc(F)cc3)nn2)cc1. The van der Waals surface area contributed by atoms with Crippen molar-refractivity contribution in [1.82, 2.24) is 15.5 Å². The number of rotatable bonds is 6. The Morgan fingerprint density at radius 1 is 0.923 bits per heavy atom. The molecule has 0 radical (unpaired) electrons. The summed E-state index contributed by atoms with van der Waals surface area (Å²) in [6, 6.07) is 17.3. The Kier molecular flexibility index (Phi) is 5.53. The minimum Gasteiger partial charge on any atom is -0.347 e. The van der Waals surface area contributed by atoms with Gasteiger partial charge in [-0.05, 0) is 53.9 Å². The molecule has 2 aromatic carbocycles. The van der Waals surface area contributed by atoms with E-state index in [0.717, 1.165) is 17.7 Å². The van der Waals surface area contributed by atoms with E-state index in [4.69, 9.17) is 0 Å². The van der Waals surface area contributed by atoms with E-state index in [1.165, 1.54) is 17.7 Å². The van der Waals surface area contributed by atoms with Gasteiger partial charge in [0.1, 0.15) is 5.82 Å². The van der Waals surface area contributed by atoms with E-state index in [2.05, 4.69) is 27.8 Å². The molecule has 1 aromatic heterocycles. The Morgan fingerprint density at radius 2 is 1.62 bits per heavy atom. The molecule has 132 valence electrons. The van der Waals surface area contributed by atoms with Gasteiger partial charge in [-0.25, -0.2) is 4.39 Å². The minimum absolute atomic E-state index is 0.221. The third-order valence-corrected chi connectivity index (χ3v) is 3.90. The highest BCUT2D eigenvalue weighted by atomic mass is 19.1. The first-order chi connectivity index (χ1) is 12.6. The highest BCUT2D eigenvalue weighted by Gasteiger charge is 2.08. The molecule has 0 saturated carbocycles. The number of amides is 1.